The number of benzene rings is 1. The summed E-state index contributed by atoms with van der Waals surface area (Å²) in [5, 5.41) is 9.36. The molecule has 1 fully saturated rings. The summed E-state index contributed by atoms with van der Waals surface area (Å²) >= 11 is 0. The lowest BCUT2D eigenvalue weighted by Gasteiger charge is -2.29. The number of nitrogens with one attached hydrogen (secondary N) is 1. The summed E-state index contributed by atoms with van der Waals surface area (Å²) in [6.45, 7) is 1.77. The summed E-state index contributed by atoms with van der Waals surface area (Å²) in [5.74, 6) is 0. The van der Waals surface area contributed by atoms with E-state index in [1.54, 1.807) is 13.3 Å². The standard InChI is InChI=1S/C14H19N3O3S/c1-14(9-18,16-21(19,20)11-6-7-11)8-17-10-15-12-4-2-3-5-13(12)17/h2-5,10-11,16,18H,6-9H2,1H3/t14-/m0/s1. The van der Waals surface area contributed by atoms with Gasteiger partial charge in [0.15, 0.2) is 0 Å². The first-order valence-corrected chi connectivity index (χ1v) is 8.52. The number of hydrogen-bond acceptors (Lipinski definition) is 4. The van der Waals surface area contributed by atoms with Crippen LogP contribution in [0.1, 0.15) is 19.8 Å². The van der Waals surface area contributed by atoms with Crippen LogP contribution in [0.25, 0.3) is 11.0 Å². The van der Waals surface area contributed by atoms with E-state index in [0.29, 0.717) is 19.4 Å². The molecule has 1 heterocycles. The molecule has 3 rings (SSSR count). The highest BCUT2D eigenvalue weighted by molar-refractivity contribution is 7.90. The Hall–Kier alpha value is -1.44. The molecule has 2 N–H and O–H groups in total. The highest BCUT2D eigenvalue weighted by Crippen LogP contribution is 2.29. The van der Waals surface area contributed by atoms with Crippen molar-refractivity contribution in [2.24, 2.45) is 0 Å². The normalized spacial score (nSPS) is 18.8. The Labute approximate surface area is 123 Å². The van der Waals surface area contributed by atoms with Crippen molar-refractivity contribution >= 4 is 21.1 Å². The molecule has 1 aromatic carbocycles. The van der Waals surface area contributed by atoms with Crippen molar-refractivity contribution in [1.29, 1.82) is 0 Å². The first-order chi connectivity index (χ1) is 9.93. The van der Waals surface area contributed by atoms with Crippen LogP contribution < -0.4 is 4.72 Å². The van der Waals surface area contributed by atoms with Gasteiger partial charge in [0, 0.05) is 6.54 Å². The van der Waals surface area contributed by atoms with Crippen molar-refractivity contribution in [2.75, 3.05) is 6.61 Å². The molecule has 0 amide bonds. The molecule has 0 unspecified atom stereocenters. The van der Waals surface area contributed by atoms with Crippen LogP contribution in [0.4, 0.5) is 0 Å². The van der Waals surface area contributed by atoms with Gasteiger partial charge < -0.3 is 9.67 Å². The predicted octanol–water partition coefficient (Wildman–Crippen LogP) is 0.869. The largest absolute Gasteiger partial charge is 0.394 e. The van der Waals surface area contributed by atoms with Crippen LogP contribution in [0.15, 0.2) is 30.6 Å². The first-order valence-electron chi connectivity index (χ1n) is 6.97. The van der Waals surface area contributed by atoms with Gasteiger partial charge in [-0.2, -0.15) is 0 Å². The molecular weight excluding hydrogens is 290 g/mol. The molecular formula is C14H19N3O3S. The average molecular weight is 309 g/mol. The summed E-state index contributed by atoms with van der Waals surface area (Å²) in [6.07, 6.45) is 3.07. The van der Waals surface area contributed by atoms with Crippen LogP contribution in [0.2, 0.25) is 0 Å². The van der Waals surface area contributed by atoms with E-state index in [2.05, 4.69) is 9.71 Å². The minimum Gasteiger partial charge on any atom is -0.394 e. The topological polar surface area (TPSA) is 84.2 Å². The molecule has 1 saturated carbocycles. The number of imidazole rings is 1. The molecule has 1 aromatic heterocycles. The summed E-state index contributed by atoms with van der Waals surface area (Å²) in [5.41, 5.74) is 0.830. The third-order valence-corrected chi connectivity index (χ3v) is 5.87. The second-order valence-electron chi connectivity index (χ2n) is 5.93. The van der Waals surface area contributed by atoms with Gasteiger partial charge in [0.2, 0.25) is 10.0 Å². The van der Waals surface area contributed by atoms with Crippen LogP contribution in [0, 0.1) is 0 Å². The molecule has 21 heavy (non-hydrogen) atoms. The fourth-order valence-electron chi connectivity index (χ4n) is 2.43. The number of aliphatic hydroxyl groups is 1. The van der Waals surface area contributed by atoms with Crippen molar-refractivity contribution in [3.05, 3.63) is 30.6 Å². The first kappa shape index (κ1) is 14.5. The Bertz CT molecular complexity index is 752. The minimum atomic E-state index is -3.36. The van der Waals surface area contributed by atoms with Gasteiger partial charge in [-0.25, -0.2) is 18.1 Å². The predicted molar refractivity (Wildman–Crippen MR) is 80.3 cm³/mol. The van der Waals surface area contributed by atoms with E-state index < -0.39 is 15.6 Å². The molecule has 1 atom stereocenters. The van der Waals surface area contributed by atoms with Crippen LogP contribution >= 0.6 is 0 Å². The number of rotatable bonds is 6. The SMILES string of the molecule is C[C@@](CO)(Cn1cnc2ccccc21)NS(=O)(=O)C1CC1. The van der Waals surface area contributed by atoms with Gasteiger partial charge >= 0.3 is 0 Å². The van der Waals surface area contributed by atoms with Crippen molar-refractivity contribution in [3.63, 3.8) is 0 Å². The number of aromatic nitrogens is 2. The molecule has 1 aliphatic rings. The van der Waals surface area contributed by atoms with Gasteiger partial charge in [0.1, 0.15) is 0 Å². The maximum Gasteiger partial charge on any atom is 0.215 e. The lowest BCUT2D eigenvalue weighted by Crippen LogP contribution is -2.52. The van der Waals surface area contributed by atoms with E-state index in [9.17, 15) is 13.5 Å². The fourth-order valence-corrected chi connectivity index (χ4v) is 4.17. The van der Waals surface area contributed by atoms with E-state index in [1.165, 1.54) is 0 Å². The van der Waals surface area contributed by atoms with E-state index >= 15 is 0 Å². The Kier molecular flexibility index (Phi) is 3.51. The van der Waals surface area contributed by atoms with E-state index in [1.807, 2.05) is 28.8 Å². The van der Waals surface area contributed by atoms with Crippen LogP contribution in [0.3, 0.4) is 0 Å². The highest BCUT2D eigenvalue weighted by Gasteiger charge is 2.40. The Morgan fingerprint density at radius 1 is 1.43 bits per heavy atom. The molecule has 7 heteroatoms. The van der Waals surface area contributed by atoms with Gasteiger partial charge in [0.25, 0.3) is 0 Å². The Balaban J connectivity index is 1.86. The molecule has 114 valence electrons. The van der Waals surface area contributed by atoms with Crippen molar-refractivity contribution in [1.82, 2.24) is 14.3 Å². The quantitative estimate of drug-likeness (QED) is 0.829. The third kappa shape index (κ3) is 2.95. The number of para-hydroxylation sites is 2. The van der Waals surface area contributed by atoms with E-state index in [0.717, 1.165) is 11.0 Å². The molecule has 0 bridgehead atoms. The molecule has 1 aliphatic carbocycles. The molecule has 0 aliphatic heterocycles. The number of aliphatic hydroxyl groups excluding tert-OH is 1. The Morgan fingerprint density at radius 2 is 2.14 bits per heavy atom. The molecule has 2 aromatic rings. The lowest BCUT2D eigenvalue weighted by molar-refractivity contribution is 0.179. The maximum absolute atomic E-state index is 12.1. The van der Waals surface area contributed by atoms with Crippen LogP contribution in [-0.4, -0.2) is 40.5 Å². The van der Waals surface area contributed by atoms with Gasteiger partial charge in [-0.15, -0.1) is 0 Å². The van der Waals surface area contributed by atoms with Crippen molar-refractivity contribution in [2.45, 2.75) is 37.1 Å². The minimum absolute atomic E-state index is 0.272. The lowest BCUT2D eigenvalue weighted by atomic mass is 10.1. The maximum atomic E-state index is 12.1. The summed E-state index contributed by atoms with van der Waals surface area (Å²) in [7, 11) is -3.36. The van der Waals surface area contributed by atoms with E-state index in [4.69, 9.17) is 0 Å². The molecule has 0 radical (unpaired) electrons. The summed E-state index contributed by atoms with van der Waals surface area (Å²) in [4.78, 5) is 4.29. The number of sulfonamides is 1. The van der Waals surface area contributed by atoms with Gasteiger partial charge in [-0.3, -0.25) is 0 Å². The number of fused-ring (bicyclic) bond motifs is 1. The zero-order valence-corrected chi connectivity index (χ0v) is 12.7. The fraction of sp³-hybridized carbons (Fsp3) is 0.500. The number of nitrogens with zero attached hydrogens (tertiary/aromatic N) is 2. The molecule has 6 nitrogen and oxygen atoms in total. The van der Waals surface area contributed by atoms with Gasteiger partial charge in [-0.05, 0) is 31.9 Å². The van der Waals surface area contributed by atoms with Gasteiger partial charge in [-0.1, -0.05) is 12.1 Å². The monoisotopic (exact) mass is 309 g/mol. The van der Waals surface area contributed by atoms with E-state index in [-0.39, 0.29) is 11.9 Å². The van der Waals surface area contributed by atoms with Crippen LogP contribution in [-0.2, 0) is 16.6 Å². The van der Waals surface area contributed by atoms with Crippen molar-refractivity contribution in [3.8, 4) is 0 Å². The second kappa shape index (κ2) is 5.08. The third-order valence-electron chi connectivity index (χ3n) is 3.75. The second-order valence-corrected chi connectivity index (χ2v) is 7.89. The average Bonchev–Trinajstić information content (AvgIpc) is 3.24. The van der Waals surface area contributed by atoms with Gasteiger partial charge in [0.05, 0.1) is 34.8 Å². The smallest absolute Gasteiger partial charge is 0.215 e. The zero-order chi connectivity index (χ0) is 15.1. The zero-order valence-electron chi connectivity index (χ0n) is 11.9. The molecule has 0 spiro atoms. The summed E-state index contributed by atoms with van der Waals surface area (Å²) in [6, 6.07) is 7.64. The van der Waals surface area contributed by atoms with Crippen molar-refractivity contribution < 1.29 is 13.5 Å². The highest BCUT2D eigenvalue weighted by atomic mass is 32.2. The Morgan fingerprint density at radius 3 is 2.81 bits per heavy atom. The van der Waals surface area contributed by atoms with Crippen LogP contribution in [0.5, 0.6) is 0 Å². The summed E-state index contributed by atoms with van der Waals surface area (Å²) < 4.78 is 28.7. The molecule has 0 saturated heterocycles. The number of hydrogen-bond donors (Lipinski definition) is 2.